The van der Waals surface area contributed by atoms with Crippen LogP contribution in [-0.2, 0) is 15.1 Å². The first-order valence-corrected chi connectivity index (χ1v) is 12.4. The number of carbonyl (C=O) groups is 1. The molecule has 170 valence electrons. The van der Waals surface area contributed by atoms with Crippen LogP contribution in [-0.4, -0.2) is 12.6 Å². The first-order valence-electron chi connectivity index (χ1n) is 11.2. The molecule has 0 aliphatic heterocycles. The van der Waals surface area contributed by atoms with E-state index in [1.165, 1.54) is 14.6 Å². The molecule has 0 atom stereocenters. The van der Waals surface area contributed by atoms with Crippen LogP contribution in [0.1, 0.15) is 40.3 Å². The Labute approximate surface area is 199 Å². The second-order valence-electron chi connectivity index (χ2n) is 9.05. The highest BCUT2D eigenvalue weighted by Crippen LogP contribution is 2.41. The third kappa shape index (κ3) is 4.67. The summed E-state index contributed by atoms with van der Waals surface area (Å²) in [6.45, 7) is 12.2. The highest BCUT2D eigenvalue weighted by atomic mass is 32.2. The lowest BCUT2D eigenvalue weighted by atomic mass is 9.92. The van der Waals surface area contributed by atoms with Crippen molar-refractivity contribution in [1.29, 1.82) is 0 Å². The fourth-order valence-corrected chi connectivity index (χ4v) is 6.75. The number of hydrogen-bond donors (Lipinski definition) is 0. The van der Waals surface area contributed by atoms with Gasteiger partial charge in [0.15, 0.2) is 21.3 Å². The predicted octanol–water partition coefficient (Wildman–Crippen LogP) is 7.67. The molecule has 0 aliphatic rings. The smallest absolute Gasteiger partial charge is 0.345 e. The van der Waals surface area contributed by atoms with E-state index in [9.17, 15) is 4.79 Å². The van der Waals surface area contributed by atoms with Crippen LogP contribution in [0.25, 0.3) is 15.7 Å². The first kappa shape index (κ1) is 23.1. The summed E-state index contributed by atoms with van der Waals surface area (Å²) in [5.41, 5.74) is 2.28. The van der Waals surface area contributed by atoms with Gasteiger partial charge in [0.2, 0.25) is 0 Å². The van der Waals surface area contributed by atoms with Crippen LogP contribution in [0.3, 0.4) is 0 Å². The van der Waals surface area contributed by atoms with Gasteiger partial charge >= 0.3 is 5.97 Å². The van der Waals surface area contributed by atoms with Crippen LogP contribution in [0.4, 0.5) is 0 Å². The van der Waals surface area contributed by atoms with Crippen LogP contribution < -0.4 is 4.74 Å². The summed E-state index contributed by atoms with van der Waals surface area (Å²) < 4.78 is 11.9. The zero-order valence-corrected chi connectivity index (χ0v) is 21.0. The summed E-state index contributed by atoms with van der Waals surface area (Å²) in [6, 6.07) is 23.0. The average molecular weight is 460 g/mol. The summed E-state index contributed by atoms with van der Waals surface area (Å²) in [5, 5.41) is 2.21. The van der Waals surface area contributed by atoms with Gasteiger partial charge in [-0.1, -0.05) is 42.5 Å². The molecule has 4 aromatic rings. The number of hydrogen-bond acceptors (Lipinski definition) is 3. The molecule has 0 aliphatic carbocycles. The van der Waals surface area contributed by atoms with E-state index in [2.05, 4.69) is 56.3 Å². The number of esters is 1. The summed E-state index contributed by atoms with van der Waals surface area (Å²) in [6.07, 6.45) is 0. The van der Waals surface area contributed by atoms with E-state index in [0.717, 1.165) is 33.2 Å². The topological polar surface area (TPSA) is 35.5 Å². The van der Waals surface area contributed by atoms with Crippen molar-refractivity contribution in [1.82, 2.24) is 0 Å². The molecule has 4 rings (SSSR count). The van der Waals surface area contributed by atoms with E-state index in [0.29, 0.717) is 0 Å². The largest absolute Gasteiger partial charge is 0.481 e. The number of aryl methyl sites for hydroxylation is 4. The minimum atomic E-state index is -0.771. The van der Waals surface area contributed by atoms with Gasteiger partial charge in [0, 0.05) is 42.0 Å². The number of fused-ring (bicyclic) bond motifs is 1. The Morgan fingerprint density at radius 1 is 0.848 bits per heavy atom. The van der Waals surface area contributed by atoms with E-state index in [1.807, 2.05) is 52.0 Å². The zero-order chi connectivity index (χ0) is 23.8. The Morgan fingerprint density at radius 2 is 1.45 bits per heavy atom. The van der Waals surface area contributed by atoms with Gasteiger partial charge in [-0.05, 0) is 61.7 Å². The molecular weight excluding hydrogens is 428 g/mol. The predicted molar refractivity (Wildman–Crippen MR) is 138 cm³/mol. The van der Waals surface area contributed by atoms with Crippen molar-refractivity contribution in [3.63, 3.8) is 0 Å². The van der Waals surface area contributed by atoms with Crippen molar-refractivity contribution in [3.8, 4) is 10.6 Å². The average Bonchev–Trinajstić information content (AvgIpc) is 3.10. The van der Waals surface area contributed by atoms with Crippen molar-refractivity contribution >= 4 is 27.2 Å². The second-order valence-corrected chi connectivity index (χ2v) is 11.4. The molecule has 0 amide bonds. The van der Waals surface area contributed by atoms with Gasteiger partial charge in [0.25, 0.3) is 0 Å². The monoisotopic (exact) mass is 459 g/mol. The molecule has 4 heteroatoms. The van der Waals surface area contributed by atoms with Crippen LogP contribution in [0.5, 0.6) is 5.75 Å². The van der Waals surface area contributed by atoms with Crippen LogP contribution in [0.2, 0.25) is 0 Å². The highest BCUT2D eigenvalue weighted by molar-refractivity contribution is 7.39. The van der Waals surface area contributed by atoms with Crippen molar-refractivity contribution in [3.05, 3.63) is 93.2 Å². The fourth-order valence-electron chi connectivity index (χ4n) is 4.50. The molecule has 0 fully saturated rings. The summed E-state index contributed by atoms with van der Waals surface area (Å²) in [7, 11) is 0.00699. The minimum absolute atomic E-state index is 0.00699. The van der Waals surface area contributed by atoms with Crippen LogP contribution in [0.15, 0.2) is 66.7 Å². The van der Waals surface area contributed by atoms with Crippen molar-refractivity contribution < 1.29 is 14.3 Å². The fraction of sp³-hybridized carbons (Fsp3) is 0.276. The normalized spacial score (nSPS) is 11.6. The minimum Gasteiger partial charge on any atom is -0.481 e. The molecule has 0 N–H and O–H groups in total. The molecule has 33 heavy (non-hydrogen) atoms. The summed E-state index contributed by atoms with van der Waals surface area (Å²) in [4.78, 5) is 16.8. The Kier molecular flexibility index (Phi) is 6.31. The molecule has 3 aromatic carbocycles. The maximum absolute atomic E-state index is 12.8. The van der Waals surface area contributed by atoms with E-state index in [-0.39, 0.29) is 23.0 Å². The highest BCUT2D eigenvalue weighted by Gasteiger charge is 2.28. The van der Waals surface area contributed by atoms with Gasteiger partial charge in [-0.15, -0.1) is 0 Å². The number of ether oxygens (including phenoxy) is 2. The lowest BCUT2D eigenvalue weighted by Crippen LogP contribution is -2.29. The summed E-state index contributed by atoms with van der Waals surface area (Å²) >= 11 is 0. The van der Waals surface area contributed by atoms with Gasteiger partial charge < -0.3 is 9.47 Å². The molecule has 0 radical (unpaired) electrons. The van der Waals surface area contributed by atoms with E-state index >= 15 is 0 Å². The quantitative estimate of drug-likeness (QED) is 0.219. The van der Waals surface area contributed by atoms with Gasteiger partial charge in [0.1, 0.15) is 11.4 Å². The third-order valence-corrected chi connectivity index (χ3v) is 8.28. The second kappa shape index (κ2) is 9.03. The third-order valence-electron chi connectivity index (χ3n) is 6.01. The number of thiophene rings is 1. The molecule has 0 spiro atoms. The van der Waals surface area contributed by atoms with Crippen molar-refractivity contribution in [2.24, 2.45) is 0 Å². The number of benzene rings is 3. The van der Waals surface area contributed by atoms with Gasteiger partial charge in [-0.25, -0.2) is 4.79 Å². The van der Waals surface area contributed by atoms with Crippen molar-refractivity contribution in [2.45, 2.75) is 47.1 Å². The van der Waals surface area contributed by atoms with E-state index in [4.69, 9.17) is 9.47 Å². The lowest BCUT2D eigenvalue weighted by Gasteiger charge is -2.27. The van der Waals surface area contributed by atoms with Crippen LogP contribution in [0, 0.1) is 27.7 Å². The number of rotatable bonds is 6. The van der Waals surface area contributed by atoms with Gasteiger partial charge in [0.05, 0.1) is 0 Å². The molecular formula is C29H31O3S+. The molecule has 0 saturated heterocycles. The Bertz CT molecular complexity index is 1280. The van der Waals surface area contributed by atoms with Gasteiger partial charge in [-0.2, -0.15) is 0 Å². The molecule has 0 unspecified atom stereocenters. The molecule has 0 saturated carbocycles. The maximum atomic E-state index is 12.8. The standard InChI is InChI=1S/C29H31O3S/c1-19-16-24(33-21(3)14-15-22(33)4)17-20(2)28(19)31-18-27(30)32-29(5,6)26-13-9-11-23-10-7-8-12-25(23)26/h7-17H,18H2,1-6H3/q+1. The lowest BCUT2D eigenvalue weighted by molar-refractivity contribution is -0.159. The van der Waals surface area contributed by atoms with E-state index < -0.39 is 5.60 Å². The number of carbonyl (C=O) groups excluding carboxylic acids is 1. The maximum Gasteiger partial charge on any atom is 0.345 e. The Hall–Kier alpha value is -3.11. The first-order chi connectivity index (χ1) is 15.7. The molecule has 1 aromatic heterocycles. The molecule has 0 bridgehead atoms. The Morgan fingerprint density at radius 3 is 2.12 bits per heavy atom. The SMILES string of the molecule is Cc1cc(-[s+]2c(C)ccc2C)cc(C)c1OCC(=O)OC(C)(C)c1cccc2ccccc12. The zero-order valence-electron chi connectivity index (χ0n) is 20.2. The summed E-state index contributed by atoms with van der Waals surface area (Å²) in [5.74, 6) is 0.371. The van der Waals surface area contributed by atoms with Gasteiger partial charge in [-0.3, -0.25) is 0 Å². The Balaban J connectivity index is 1.50. The molecule has 3 nitrogen and oxygen atoms in total. The van der Waals surface area contributed by atoms with Crippen molar-refractivity contribution in [2.75, 3.05) is 6.61 Å². The van der Waals surface area contributed by atoms with E-state index in [1.54, 1.807) is 0 Å². The molecule has 1 heterocycles. The van der Waals surface area contributed by atoms with Crippen LogP contribution >= 0.6 is 10.5 Å².